The third kappa shape index (κ3) is 2.70. The number of carbonyl (C=O) groups is 1. The number of amides is 1. The molecule has 108 valence electrons. The molecule has 4 heteroatoms. The summed E-state index contributed by atoms with van der Waals surface area (Å²) in [5.74, 6) is 1.15. The average molecular weight is 283 g/mol. The molecule has 0 atom stereocenters. The Morgan fingerprint density at radius 3 is 2.67 bits per heavy atom. The molecule has 1 aliphatic heterocycles. The first kappa shape index (κ1) is 13.5. The normalized spacial score (nSPS) is 12.2. The Bertz CT molecular complexity index is 640. The lowest BCUT2D eigenvalue weighted by Gasteiger charge is -2.21. The standard InChI is InChI=1S/C17H17NO3/c1-2-18(11-13-7-4-3-5-8-13)17(19)14-9-6-10-15-16(14)21-12-20-15/h3-10H,2,11-12H2,1H3. The zero-order valence-electron chi connectivity index (χ0n) is 11.9. The molecule has 0 saturated carbocycles. The summed E-state index contributed by atoms with van der Waals surface area (Å²) in [7, 11) is 0. The van der Waals surface area contributed by atoms with Gasteiger partial charge in [-0.25, -0.2) is 0 Å². The summed E-state index contributed by atoms with van der Waals surface area (Å²) in [5, 5.41) is 0. The van der Waals surface area contributed by atoms with Crippen LogP contribution in [0.3, 0.4) is 0 Å². The van der Waals surface area contributed by atoms with Crippen LogP contribution in [0.15, 0.2) is 48.5 Å². The van der Waals surface area contributed by atoms with E-state index in [9.17, 15) is 4.79 Å². The summed E-state index contributed by atoms with van der Waals surface area (Å²) in [6.45, 7) is 3.37. The molecule has 2 aromatic carbocycles. The van der Waals surface area contributed by atoms with Gasteiger partial charge in [-0.3, -0.25) is 4.79 Å². The van der Waals surface area contributed by atoms with Gasteiger partial charge in [-0.2, -0.15) is 0 Å². The molecule has 3 rings (SSSR count). The molecule has 0 N–H and O–H groups in total. The Morgan fingerprint density at radius 2 is 1.90 bits per heavy atom. The zero-order valence-corrected chi connectivity index (χ0v) is 11.9. The predicted octanol–water partition coefficient (Wildman–Crippen LogP) is 3.08. The second kappa shape index (κ2) is 5.87. The van der Waals surface area contributed by atoms with Gasteiger partial charge in [0.05, 0.1) is 5.56 Å². The first-order chi connectivity index (χ1) is 10.3. The molecule has 0 spiro atoms. The lowest BCUT2D eigenvalue weighted by molar-refractivity contribution is 0.0748. The summed E-state index contributed by atoms with van der Waals surface area (Å²) < 4.78 is 10.8. The van der Waals surface area contributed by atoms with Crippen molar-refractivity contribution in [3.05, 3.63) is 59.7 Å². The van der Waals surface area contributed by atoms with Crippen molar-refractivity contribution < 1.29 is 14.3 Å². The third-order valence-corrected chi connectivity index (χ3v) is 3.51. The molecular weight excluding hydrogens is 266 g/mol. The van der Waals surface area contributed by atoms with Crippen molar-refractivity contribution in [1.82, 2.24) is 4.90 Å². The SMILES string of the molecule is CCN(Cc1ccccc1)C(=O)c1cccc2c1OCO2. The molecule has 1 amide bonds. The predicted molar refractivity (Wildman–Crippen MR) is 79.4 cm³/mol. The summed E-state index contributed by atoms with van der Waals surface area (Å²) in [6, 6.07) is 15.4. The van der Waals surface area contributed by atoms with E-state index in [0.717, 1.165) is 5.56 Å². The van der Waals surface area contributed by atoms with Crippen LogP contribution >= 0.6 is 0 Å². The van der Waals surface area contributed by atoms with Crippen molar-refractivity contribution in [2.24, 2.45) is 0 Å². The molecule has 1 aliphatic rings. The average Bonchev–Trinajstić information content (AvgIpc) is 3.01. The molecule has 21 heavy (non-hydrogen) atoms. The number of fused-ring (bicyclic) bond motifs is 1. The fourth-order valence-electron chi connectivity index (χ4n) is 2.40. The van der Waals surface area contributed by atoms with Gasteiger partial charge in [0.15, 0.2) is 11.5 Å². The van der Waals surface area contributed by atoms with E-state index in [1.54, 1.807) is 11.0 Å². The minimum atomic E-state index is -0.0382. The van der Waals surface area contributed by atoms with Crippen LogP contribution in [-0.4, -0.2) is 24.1 Å². The molecule has 0 unspecified atom stereocenters. The van der Waals surface area contributed by atoms with E-state index < -0.39 is 0 Å². The second-order valence-corrected chi connectivity index (χ2v) is 4.84. The van der Waals surface area contributed by atoms with Crippen LogP contribution in [0, 0.1) is 0 Å². The van der Waals surface area contributed by atoms with Gasteiger partial charge in [-0.1, -0.05) is 36.4 Å². The summed E-state index contributed by atoms with van der Waals surface area (Å²) >= 11 is 0. The smallest absolute Gasteiger partial charge is 0.258 e. The number of rotatable bonds is 4. The van der Waals surface area contributed by atoms with Gasteiger partial charge in [-0.05, 0) is 24.6 Å². The van der Waals surface area contributed by atoms with Crippen LogP contribution in [0.2, 0.25) is 0 Å². The van der Waals surface area contributed by atoms with Crippen molar-refractivity contribution in [2.45, 2.75) is 13.5 Å². The molecule has 0 aliphatic carbocycles. The third-order valence-electron chi connectivity index (χ3n) is 3.51. The molecule has 2 aromatic rings. The van der Waals surface area contributed by atoms with Gasteiger partial charge in [0.1, 0.15) is 0 Å². The van der Waals surface area contributed by atoms with Crippen molar-refractivity contribution in [3.63, 3.8) is 0 Å². The Hall–Kier alpha value is -2.49. The number of benzene rings is 2. The van der Waals surface area contributed by atoms with E-state index in [-0.39, 0.29) is 12.7 Å². The molecule has 0 aromatic heterocycles. The van der Waals surface area contributed by atoms with E-state index in [1.165, 1.54) is 0 Å². The maximum Gasteiger partial charge on any atom is 0.258 e. The Kier molecular flexibility index (Phi) is 3.77. The zero-order chi connectivity index (χ0) is 14.7. The number of hydrogen-bond acceptors (Lipinski definition) is 3. The molecule has 1 heterocycles. The van der Waals surface area contributed by atoms with Crippen LogP contribution in [0.1, 0.15) is 22.8 Å². The molecule has 0 saturated heterocycles. The lowest BCUT2D eigenvalue weighted by atomic mass is 10.1. The van der Waals surface area contributed by atoms with Gasteiger partial charge < -0.3 is 14.4 Å². The first-order valence-corrected chi connectivity index (χ1v) is 7.01. The second-order valence-electron chi connectivity index (χ2n) is 4.84. The number of para-hydroxylation sites is 1. The van der Waals surface area contributed by atoms with Crippen LogP contribution in [0.4, 0.5) is 0 Å². The monoisotopic (exact) mass is 283 g/mol. The van der Waals surface area contributed by atoms with Crippen LogP contribution in [-0.2, 0) is 6.54 Å². The fourth-order valence-corrected chi connectivity index (χ4v) is 2.40. The van der Waals surface area contributed by atoms with E-state index in [1.807, 2.05) is 49.4 Å². The highest BCUT2D eigenvalue weighted by atomic mass is 16.7. The largest absolute Gasteiger partial charge is 0.454 e. The molecular formula is C17H17NO3. The number of hydrogen-bond donors (Lipinski definition) is 0. The summed E-state index contributed by atoms with van der Waals surface area (Å²) in [4.78, 5) is 14.5. The van der Waals surface area contributed by atoms with Crippen molar-refractivity contribution in [2.75, 3.05) is 13.3 Å². The molecule has 0 fully saturated rings. The van der Waals surface area contributed by atoms with Gasteiger partial charge in [0, 0.05) is 13.1 Å². The van der Waals surface area contributed by atoms with Gasteiger partial charge in [0.2, 0.25) is 6.79 Å². The lowest BCUT2D eigenvalue weighted by Crippen LogP contribution is -2.30. The fraction of sp³-hybridized carbons (Fsp3) is 0.235. The summed E-state index contributed by atoms with van der Waals surface area (Å²) in [5.41, 5.74) is 1.67. The van der Waals surface area contributed by atoms with Crippen LogP contribution in [0.5, 0.6) is 11.5 Å². The van der Waals surface area contributed by atoms with E-state index >= 15 is 0 Å². The van der Waals surface area contributed by atoms with Crippen LogP contribution in [0.25, 0.3) is 0 Å². The van der Waals surface area contributed by atoms with Crippen molar-refractivity contribution in [1.29, 1.82) is 0 Å². The first-order valence-electron chi connectivity index (χ1n) is 7.01. The van der Waals surface area contributed by atoms with Gasteiger partial charge in [-0.15, -0.1) is 0 Å². The van der Waals surface area contributed by atoms with Crippen molar-refractivity contribution in [3.8, 4) is 11.5 Å². The number of ether oxygens (including phenoxy) is 2. The minimum absolute atomic E-state index is 0.0382. The molecule has 0 bridgehead atoms. The highest BCUT2D eigenvalue weighted by Crippen LogP contribution is 2.36. The number of nitrogens with zero attached hydrogens (tertiary/aromatic N) is 1. The molecule has 4 nitrogen and oxygen atoms in total. The Labute approximate surface area is 123 Å². The molecule has 0 radical (unpaired) electrons. The highest BCUT2D eigenvalue weighted by molar-refractivity contribution is 5.98. The topological polar surface area (TPSA) is 38.8 Å². The van der Waals surface area contributed by atoms with E-state index in [2.05, 4.69) is 0 Å². The Balaban J connectivity index is 1.85. The van der Waals surface area contributed by atoms with E-state index in [0.29, 0.717) is 30.2 Å². The number of carbonyl (C=O) groups excluding carboxylic acids is 1. The van der Waals surface area contributed by atoms with Crippen molar-refractivity contribution >= 4 is 5.91 Å². The van der Waals surface area contributed by atoms with Crippen LogP contribution < -0.4 is 9.47 Å². The minimum Gasteiger partial charge on any atom is -0.454 e. The maximum absolute atomic E-state index is 12.7. The maximum atomic E-state index is 12.7. The van der Waals surface area contributed by atoms with Gasteiger partial charge >= 0.3 is 0 Å². The van der Waals surface area contributed by atoms with E-state index in [4.69, 9.17) is 9.47 Å². The van der Waals surface area contributed by atoms with Gasteiger partial charge in [0.25, 0.3) is 5.91 Å². The highest BCUT2D eigenvalue weighted by Gasteiger charge is 2.24. The quantitative estimate of drug-likeness (QED) is 0.865. The Morgan fingerprint density at radius 1 is 1.10 bits per heavy atom. The summed E-state index contributed by atoms with van der Waals surface area (Å²) in [6.07, 6.45) is 0.